The first kappa shape index (κ1) is 9.35. The number of hydrogen-bond acceptors (Lipinski definition) is 1. The van der Waals surface area contributed by atoms with Crippen LogP contribution in [0.4, 0.5) is 0 Å². The van der Waals surface area contributed by atoms with Crippen LogP contribution < -0.4 is 0 Å². The third-order valence-electron chi connectivity index (χ3n) is 2.34. The molecule has 0 aliphatic heterocycles. The van der Waals surface area contributed by atoms with Crippen molar-refractivity contribution >= 4 is 17.1 Å². The fraction of sp³-hybridized carbons (Fsp3) is 0.154. The molecule has 0 fully saturated rings. The lowest BCUT2D eigenvalue weighted by Gasteiger charge is -2.14. The summed E-state index contributed by atoms with van der Waals surface area (Å²) in [5.41, 5.74) is 2.52. The van der Waals surface area contributed by atoms with E-state index >= 15 is 0 Å². The summed E-state index contributed by atoms with van der Waals surface area (Å²) >= 11 is 5.25. The van der Waals surface area contributed by atoms with Crippen molar-refractivity contribution in [2.45, 2.75) is 12.8 Å². The summed E-state index contributed by atoms with van der Waals surface area (Å²) < 4.78 is 0. The van der Waals surface area contributed by atoms with E-state index in [-0.39, 0.29) is 5.92 Å². The van der Waals surface area contributed by atoms with Gasteiger partial charge in [0.25, 0.3) is 0 Å². The molecule has 1 aliphatic carbocycles. The third kappa shape index (κ3) is 1.83. The van der Waals surface area contributed by atoms with E-state index in [0.717, 1.165) is 4.86 Å². The van der Waals surface area contributed by atoms with Crippen LogP contribution in [0, 0.1) is 13.0 Å². The van der Waals surface area contributed by atoms with Crippen LogP contribution in [0.15, 0.2) is 42.5 Å². The minimum atomic E-state index is 0.232. The fourth-order valence-corrected chi connectivity index (χ4v) is 1.79. The SMILES string of the molecule is Cc1ccc(C2C=CC=[C]C2=S)cc1. The molecule has 1 unspecified atom stereocenters. The zero-order chi connectivity index (χ0) is 9.97. The quantitative estimate of drug-likeness (QED) is 0.625. The lowest BCUT2D eigenvalue weighted by atomic mass is 9.92. The second-order valence-corrected chi connectivity index (χ2v) is 3.89. The zero-order valence-electron chi connectivity index (χ0n) is 8.03. The highest BCUT2D eigenvalue weighted by atomic mass is 32.1. The van der Waals surface area contributed by atoms with Crippen molar-refractivity contribution in [1.29, 1.82) is 0 Å². The van der Waals surface area contributed by atoms with Gasteiger partial charge in [-0.3, -0.25) is 0 Å². The summed E-state index contributed by atoms with van der Waals surface area (Å²) in [4.78, 5) is 0.872. The zero-order valence-corrected chi connectivity index (χ0v) is 8.84. The van der Waals surface area contributed by atoms with E-state index in [1.54, 1.807) is 0 Å². The molecule has 1 atom stereocenters. The molecule has 1 heteroatoms. The van der Waals surface area contributed by atoms with Gasteiger partial charge in [-0.25, -0.2) is 0 Å². The van der Waals surface area contributed by atoms with Crippen molar-refractivity contribution in [2.24, 2.45) is 0 Å². The van der Waals surface area contributed by atoms with Gasteiger partial charge in [0.05, 0.1) is 0 Å². The highest BCUT2D eigenvalue weighted by Gasteiger charge is 2.13. The van der Waals surface area contributed by atoms with Crippen LogP contribution in [0.3, 0.4) is 0 Å². The topological polar surface area (TPSA) is 0 Å². The monoisotopic (exact) mass is 199 g/mol. The summed E-state index contributed by atoms with van der Waals surface area (Å²) in [6.45, 7) is 2.09. The first-order chi connectivity index (χ1) is 6.77. The Morgan fingerprint density at radius 3 is 2.57 bits per heavy atom. The Hall–Kier alpha value is -1.21. The number of thiocarbonyl (C=S) groups is 1. The predicted octanol–water partition coefficient (Wildman–Crippen LogP) is 3.38. The molecule has 0 spiro atoms. The van der Waals surface area contributed by atoms with Gasteiger partial charge < -0.3 is 0 Å². The smallest absolute Gasteiger partial charge is 0.0381 e. The van der Waals surface area contributed by atoms with E-state index in [1.807, 2.05) is 12.2 Å². The minimum Gasteiger partial charge on any atom is -0.0832 e. The maximum Gasteiger partial charge on any atom is 0.0381 e. The predicted molar refractivity (Wildman–Crippen MR) is 63.5 cm³/mol. The Kier molecular flexibility index (Phi) is 2.60. The number of hydrogen-bond donors (Lipinski definition) is 0. The average Bonchev–Trinajstić information content (AvgIpc) is 2.20. The molecular formula is C13H11S. The van der Waals surface area contributed by atoms with Crippen LogP contribution in [0.2, 0.25) is 0 Å². The van der Waals surface area contributed by atoms with E-state index < -0.39 is 0 Å². The molecule has 69 valence electrons. The van der Waals surface area contributed by atoms with E-state index in [4.69, 9.17) is 12.2 Å². The molecule has 0 nitrogen and oxygen atoms in total. The number of allylic oxidation sites excluding steroid dienone is 4. The van der Waals surface area contributed by atoms with Crippen molar-refractivity contribution in [2.75, 3.05) is 0 Å². The molecule has 1 aromatic carbocycles. The molecule has 2 rings (SSSR count). The Morgan fingerprint density at radius 1 is 1.21 bits per heavy atom. The van der Waals surface area contributed by atoms with Crippen molar-refractivity contribution in [3.63, 3.8) is 0 Å². The van der Waals surface area contributed by atoms with Crippen LogP contribution in [0.1, 0.15) is 17.0 Å². The van der Waals surface area contributed by atoms with Gasteiger partial charge in [0.1, 0.15) is 0 Å². The Balaban J connectivity index is 2.31. The highest BCUT2D eigenvalue weighted by molar-refractivity contribution is 7.80. The third-order valence-corrected chi connectivity index (χ3v) is 2.72. The molecule has 1 aromatic rings. The number of benzene rings is 1. The molecule has 0 N–H and O–H groups in total. The van der Waals surface area contributed by atoms with E-state index in [1.165, 1.54) is 11.1 Å². The largest absolute Gasteiger partial charge is 0.0832 e. The molecule has 0 aromatic heterocycles. The Morgan fingerprint density at radius 2 is 1.93 bits per heavy atom. The second-order valence-electron chi connectivity index (χ2n) is 3.45. The van der Waals surface area contributed by atoms with E-state index in [2.05, 4.69) is 43.3 Å². The van der Waals surface area contributed by atoms with Crippen LogP contribution in [-0.4, -0.2) is 4.86 Å². The average molecular weight is 199 g/mol. The summed E-state index contributed by atoms with van der Waals surface area (Å²) in [5, 5.41) is 0. The molecular weight excluding hydrogens is 188 g/mol. The lowest BCUT2D eigenvalue weighted by Crippen LogP contribution is -2.07. The van der Waals surface area contributed by atoms with Gasteiger partial charge in [-0.15, -0.1) is 0 Å². The highest BCUT2D eigenvalue weighted by Crippen LogP contribution is 2.22. The summed E-state index contributed by atoms with van der Waals surface area (Å²) in [7, 11) is 0. The van der Waals surface area contributed by atoms with Gasteiger partial charge in [-0.2, -0.15) is 0 Å². The lowest BCUT2D eigenvalue weighted by molar-refractivity contribution is 1.15. The molecule has 0 amide bonds. The first-order valence-corrected chi connectivity index (χ1v) is 5.05. The molecule has 1 aliphatic rings. The van der Waals surface area contributed by atoms with E-state index in [0.29, 0.717) is 0 Å². The van der Waals surface area contributed by atoms with E-state index in [9.17, 15) is 0 Å². The standard InChI is InChI=1S/C13H11S/c1-10-6-8-11(9-7-10)12-4-2-3-5-13(12)14/h2-4,6-9,12H,1H3. The fourth-order valence-electron chi connectivity index (χ4n) is 1.51. The first-order valence-electron chi connectivity index (χ1n) is 4.64. The molecule has 14 heavy (non-hydrogen) atoms. The molecule has 0 bridgehead atoms. The van der Waals surface area contributed by atoms with Crippen molar-refractivity contribution < 1.29 is 0 Å². The minimum absolute atomic E-state index is 0.232. The maximum atomic E-state index is 5.25. The van der Waals surface area contributed by atoms with Crippen LogP contribution >= 0.6 is 12.2 Å². The van der Waals surface area contributed by atoms with Gasteiger partial charge in [-0.05, 0) is 18.6 Å². The summed E-state index contributed by atoms with van der Waals surface area (Å²) in [5.74, 6) is 0.232. The van der Waals surface area contributed by atoms with Gasteiger partial charge in [0, 0.05) is 10.8 Å². The van der Waals surface area contributed by atoms with Gasteiger partial charge >= 0.3 is 0 Å². The van der Waals surface area contributed by atoms with Crippen molar-refractivity contribution in [1.82, 2.24) is 0 Å². The molecule has 0 saturated heterocycles. The Bertz CT molecular complexity index is 396. The van der Waals surface area contributed by atoms with Gasteiger partial charge in [0.15, 0.2) is 0 Å². The second kappa shape index (κ2) is 3.89. The van der Waals surface area contributed by atoms with Crippen molar-refractivity contribution in [3.8, 4) is 0 Å². The molecule has 0 saturated carbocycles. The van der Waals surface area contributed by atoms with Crippen LogP contribution in [-0.2, 0) is 0 Å². The molecule has 1 radical (unpaired) electrons. The van der Waals surface area contributed by atoms with Gasteiger partial charge in [-0.1, -0.05) is 60.3 Å². The number of aryl methyl sites for hydroxylation is 1. The maximum absolute atomic E-state index is 5.25. The van der Waals surface area contributed by atoms with Crippen molar-refractivity contribution in [3.05, 3.63) is 59.7 Å². The number of rotatable bonds is 1. The van der Waals surface area contributed by atoms with Gasteiger partial charge in [0.2, 0.25) is 0 Å². The van der Waals surface area contributed by atoms with Crippen LogP contribution in [0.5, 0.6) is 0 Å². The normalized spacial score (nSPS) is 20.1. The molecule has 0 heterocycles. The Labute approximate surface area is 90.0 Å². The summed E-state index contributed by atoms with van der Waals surface area (Å²) in [6, 6.07) is 8.49. The van der Waals surface area contributed by atoms with Crippen LogP contribution in [0.25, 0.3) is 0 Å². The summed E-state index contributed by atoms with van der Waals surface area (Å²) in [6.07, 6.45) is 9.05.